The van der Waals surface area contributed by atoms with E-state index < -0.39 is 0 Å². The Morgan fingerprint density at radius 1 is 1.40 bits per heavy atom. The van der Waals surface area contributed by atoms with Crippen LogP contribution in [0.3, 0.4) is 0 Å². The van der Waals surface area contributed by atoms with E-state index in [1.165, 1.54) is 19.4 Å². The van der Waals surface area contributed by atoms with Crippen LogP contribution in [0.25, 0.3) is 0 Å². The fraction of sp³-hybridized carbons (Fsp3) is 0.933. The number of nitrogens with two attached hydrogens (primary N) is 1. The van der Waals surface area contributed by atoms with Crippen molar-refractivity contribution in [2.24, 2.45) is 17.6 Å². The molecule has 5 heteroatoms. The number of rotatable bonds is 4. The van der Waals surface area contributed by atoms with E-state index in [2.05, 4.69) is 11.9 Å². The van der Waals surface area contributed by atoms with Crippen LogP contribution in [0.15, 0.2) is 0 Å². The van der Waals surface area contributed by atoms with Gasteiger partial charge in [-0.1, -0.05) is 0 Å². The van der Waals surface area contributed by atoms with Crippen molar-refractivity contribution in [2.75, 3.05) is 46.9 Å². The first-order valence-corrected chi connectivity index (χ1v) is 7.84. The van der Waals surface area contributed by atoms with Gasteiger partial charge in [0.2, 0.25) is 5.91 Å². The Hall–Kier alpha value is -0.650. The minimum absolute atomic E-state index is 0.102. The van der Waals surface area contributed by atoms with E-state index in [1.807, 2.05) is 11.9 Å². The molecular formula is C15H29N3O2. The van der Waals surface area contributed by atoms with Gasteiger partial charge in [0.25, 0.3) is 0 Å². The molecule has 2 N–H and O–H groups in total. The Bertz CT molecular complexity index is 318. The number of amides is 1. The van der Waals surface area contributed by atoms with E-state index >= 15 is 0 Å². The van der Waals surface area contributed by atoms with E-state index in [-0.39, 0.29) is 17.9 Å². The van der Waals surface area contributed by atoms with Gasteiger partial charge in [-0.05, 0) is 51.1 Å². The van der Waals surface area contributed by atoms with Crippen LogP contribution in [0.2, 0.25) is 0 Å². The third-order valence-electron chi connectivity index (χ3n) is 4.69. The summed E-state index contributed by atoms with van der Waals surface area (Å²) in [5, 5.41) is 0. The van der Waals surface area contributed by atoms with Crippen molar-refractivity contribution >= 4 is 5.91 Å². The lowest BCUT2D eigenvalue weighted by Crippen LogP contribution is -2.49. The first-order chi connectivity index (χ1) is 9.58. The highest BCUT2D eigenvalue weighted by Crippen LogP contribution is 2.20. The van der Waals surface area contributed by atoms with Crippen LogP contribution in [0.5, 0.6) is 0 Å². The van der Waals surface area contributed by atoms with Crippen LogP contribution in [0.4, 0.5) is 0 Å². The number of hydrogen-bond acceptors (Lipinski definition) is 4. The van der Waals surface area contributed by atoms with Crippen LogP contribution < -0.4 is 5.73 Å². The molecule has 0 aromatic heterocycles. The van der Waals surface area contributed by atoms with Gasteiger partial charge < -0.3 is 20.3 Å². The molecule has 2 unspecified atom stereocenters. The maximum Gasteiger partial charge on any atom is 0.239 e. The van der Waals surface area contributed by atoms with E-state index in [0.29, 0.717) is 5.92 Å². The van der Waals surface area contributed by atoms with Crippen molar-refractivity contribution < 1.29 is 9.53 Å². The molecule has 116 valence electrons. The molecule has 2 aliphatic heterocycles. The summed E-state index contributed by atoms with van der Waals surface area (Å²) in [5.74, 6) is 0.974. The number of likely N-dealkylation sites (tertiary alicyclic amines) is 1. The minimum atomic E-state index is -0.356. The molecule has 0 aliphatic carbocycles. The zero-order valence-corrected chi connectivity index (χ0v) is 12.9. The predicted octanol–water partition coefficient (Wildman–Crippen LogP) is 0.541. The van der Waals surface area contributed by atoms with Gasteiger partial charge in [-0.15, -0.1) is 0 Å². The molecule has 2 fully saturated rings. The lowest BCUT2D eigenvalue weighted by atomic mass is 9.91. The molecule has 0 spiro atoms. The Labute approximate surface area is 122 Å². The van der Waals surface area contributed by atoms with Crippen molar-refractivity contribution in [3.63, 3.8) is 0 Å². The van der Waals surface area contributed by atoms with Crippen molar-refractivity contribution in [3.8, 4) is 0 Å². The third-order valence-corrected chi connectivity index (χ3v) is 4.69. The quantitative estimate of drug-likeness (QED) is 0.818. The molecule has 1 amide bonds. The lowest BCUT2D eigenvalue weighted by molar-refractivity contribution is -0.134. The highest BCUT2D eigenvalue weighted by atomic mass is 16.5. The van der Waals surface area contributed by atoms with Gasteiger partial charge in [0.15, 0.2) is 0 Å². The predicted molar refractivity (Wildman–Crippen MR) is 79.4 cm³/mol. The third kappa shape index (κ3) is 4.17. The molecule has 20 heavy (non-hydrogen) atoms. The molecule has 0 saturated carbocycles. The van der Waals surface area contributed by atoms with Crippen molar-refractivity contribution in [3.05, 3.63) is 0 Å². The average molecular weight is 283 g/mol. The number of hydrogen-bond donors (Lipinski definition) is 1. The van der Waals surface area contributed by atoms with E-state index in [0.717, 1.165) is 39.1 Å². The monoisotopic (exact) mass is 283 g/mol. The van der Waals surface area contributed by atoms with Gasteiger partial charge in [-0.25, -0.2) is 0 Å². The second-order valence-corrected chi connectivity index (χ2v) is 6.46. The Kier molecular flexibility index (Phi) is 5.81. The van der Waals surface area contributed by atoms with Gasteiger partial charge in [0.1, 0.15) is 0 Å². The standard InChI is InChI=1S/C15H29N3O2/c1-17-7-3-4-12(10-17)11-18(2)15(19)14(16)13-5-8-20-9-6-13/h12-14H,3-11,16H2,1-2H3. The summed E-state index contributed by atoms with van der Waals surface area (Å²) in [6, 6.07) is -0.356. The fourth-order valence-corrected chi connectivity index (χ4v) is 3.43. The van der Waals surface area contributed by atoms with Crippen LogP contribution >= 0.6 is 0 Å². The van der Waals surface area contributed by atoms with Gasteiger partial charge in [0.05, 0.1) is 6.04 Å². The van der Waals surface area contributed by atoms with Gasteiger partial charge in [0, 0.05) is 33.4 Å². The summed E-state index contributed by atoms with van der Waals surface area (Å²) in [6.07, 6.45) is 4.27. The molecule has 0 radical (unpaired) electrons. The highest BCUT2D eigenvalue weighted by Gasteiger charge is 2.30. The molecule has 5 nitrogen and oxygen atoms in total. The molecular weight excluding hydrogens is 254 g/mol. The zero-order valence-electron chi connectivity index (χ0n) is 12.9. The molecule has 2 aliphatic rings. The highest BCUT2D eigenvalue weighted by molar-refractivity contribution is 5.81. The topological polar surface area (TPSA) is 58.8 Å². The summed E-state index contributed by atoms with van der Waals surface area (Å²) in [6.45, 7) is 4.57. The zero-order chi connectivity index (χ0) is 14.5. The van der Waals surface area contributed by atoms with Crippen LogP contribution in [-0.4, -0.2) is 68.7 Å². The summed E-state index contributed by atoms with van der Waals surface area (Å²) in [7, 11) is 4.05. The normalized spacial score (nSPS) is 27.2. The van der Waals surface area contributed by atoms with Crippen LogP contribution in [0.1, 0.15) is 25.7 Å². The van der Waals surface area contributed by atoms with Crippen molar-refractivity contribution in [2.45, 2.75) is 31.7 Å². The number of carbonyl (C=O) groups excluding carboxylic acids is 1. The summed E-state index contributed by atoms with van der Waals surface area (Å²) in [4.78, 5) is 16.6. The summed E-state index contributed by atoms with van der Waals surface area (Å²) in [5.41, 5.74) is 6.17. The number of carbonyl (C=O) groups is 1. The molecule has 2 rings (SSSR count). The van der Waals surface area contributed by atoms with Crippen molar-refractivity contribution in [1.29, 1.82) is 0 Å². The molecule has 0 bridgehead atoms. The first-order valence-electron chi connectivity index (χ1n) is 7.84. The molecule has 2 heterocycles. The smallest absolute Gasteiger partial charge is 0.239 e. The van der Waals surface area contributed by atoms with Gasteiger partial charge in [-0.3, -0.25) is 4.79 Å². The van der Waals surface area contributed by atoms with E-state index in [4.69, 9.17) is 10.5 Å². The minimum Gasteiger partial charge on any atom is -0.381 e. The van der Waals surface area contributed by atoms with Gasteiger partial charge >= 0.3 is 0 Å². The Morgan fingerprint density at radius 3 is 2.75 bits per heavy atom. The summed E-state index contributed by atoms with van der Waals surface area (Å²) >= 11 is 0. The fourth-order valence-electron chi connectivity index (χ4n) is 3.43. The van der Waals surface area contributed by atoms with Crippen LogP contribution in [-0.2, 0) is 9.53 Å². The van der Waals surface area contributed by atoms with E-state index in [9.17, 15) is 4.79 Å². The summed E-state index contributed by atoms with van der Waals surface area (Å²) < 4.78 is 5.34. The number of likely N-dealkylation sites (N-methyl/N-ethyl adjacent to an activating group) is 1. The van der Waals surface area contributed by atoms with Crippen LogP contribution in [0, 0.1) is 11.8 Å². The molecule has 0 aromatic carbocycles. The Morgan fingerprint density at radius 2 is 2.10 bits per heavy atom. The number of nitrogens with zero attached hydrogens (tertiary/aromatic N) is 2. The molecule has 2 saturated heterocycles. The maximum atomic E-state index is 12.4. The SMILES string of the molecule is CN1CCCC(CN(C)C(=O)C(N)C2CCOCC2)C1. The number of piperidine rings is 1. The lowest BCUT2D eigenvalue weighted by Gasteiger charge is -2.34. The first kappa shape index (κ1) is 15.7. The molecule has 0 aromatic rings. The second-order valence-electron chi connectivity index (χ2n) is 6.46. The number of ether oxygens (including phenoxy) is 1. The van der Waals surface area contributed by atoms with E-state index in [1.54, 1.807) is 0 Å². The van der Waals surface area contributed by atoms with Crippen molar-refractivity contribution in [1.82, 2.24) is 9.80 Å². The molecule has 2 atom stereocenters. The van der Waals surface area contributed by atoms with Gasteiger partial charge in [-0.2, -0.15) is 0 Å². The largest absolute Gasteiger partial charge is 0.381 e. The average Bonchev–Trinajstić information content (AvgIpc) is 2.46. The second kappa shape index (κ2) is 7.38. The maximum absolute atomic E-state index is 12.4. The Balaban J connectivity index is 1.81.